The van der Waals surface area contributed by atoms with E-state index in [9.17, 15) is 19.4 Å². The smallest absolute Gasteiger partial charge is 0.387 e. The van der Waals surface area contributed by atoms with Gasteiger partial charge in [0, 0.05) is 6.42 Å². The van der Waals surface area contributed by atoms with Crippen molar-refractivity contribution in [3.63, 3.8) is 0 Å². The number of unbranched alkanes of at least 4 members (excludes halogenated alkanes) is 25. The summed E-state index contributed by atoms with van der Waals surface area (Å²) in [5.74, 6) is -0.181. The Morgan fingerprint density at radius 1 is 0.565 bits per heavy atom. The van der Waals surface area contributed by atoms with Crippen LogP contribution in [0.25, 0.3) is 0 Å². The van der Waals surface area contributed by atoms with Gasteiger partial charge in [-0.2, -0.15) is 0 Å². The third-order valence-corrected chi connectivity index (χ3v) is 12.2. The molecule has 0 saturated heterocycles. The molecule has 0 bridgehead atoms. The van der Waals surface area contributed by atoms with Gasteiger partial charge in [-0.25, -0.2) is 4.57 Å². The maximum atomic E-state index is 12.9. The van der Waals surface area contributed by atoms with Crippen molar-refractivity contribution in [2.45, 2.75) is 231 Å². The Hall–Kier alpha value is -1.80. The van der Waals surface area contributed by atoms with Gasteiger partial charge >= 0.3 is 7.82 Å². The zero-order valence-corrected chi connectivity index (χ0v) is 42.0. The second kappa shape index (κ2) is 44.4. The van der Waals surface area contributed by atoms with E-state index in [1.807, 2.05) is 27.2 Å². The van der Waals surface area contributed by atoms with Crippen molar-refractivity contribution in [3.8, 4) is 0 Å². The van der Waals surface area contributed by atoms with E-state index in [2.05, 4.69) is 67.8 Å². The minimum absolute atomic E-state index is 0.0596. The maximum Gasteiger partial charge on any atom is 0.472 e. The van der Waals surface area contributed by atoms with E-state index >= 15 is 0 Å². The number of amides is 1. The molecule has 0 aromatic carbocycles. The van der Waals surface area contributed by atoms with Crippen LogP contribution in [0.1, 0.15) is 219 Å². The lowest BCUT2D eigenvalue weighted by Gasteiger charge is -2.25. The van der Waals surface area contributed by atoms with Crippen LogP contribution in [0.5, 0.6) is 0 Å². The summed E-state index contributed by atoms with van der Waals surface area (Å²) < 4.78 is 23.6. The van der Waals surface area contributed by atoms with Gasteiger partial charge in [0.1, 0.15) is 13.2 Å². The summed E-state index contributed by atoms with van der Waals surface area (Å²) in [5, 5.41) is 13.9. The lowest BCUT2D eigenvalue weighted by Crippen LogP contribution is -2.45. The lowest BCUT2D eigenvalue weighted by molar-refractivity contribution is -0.870. The Morgan fingerprint density at radius 3 is 1.42 bits per heavy atom. The number of carbonyl (C=O) groups excluding carboxylic acids is 1. The Bertz CT molecular complexity index is 1190. The summed E-state index contributed by atoms with van der Waals surface area (Å²) in [4.78, 5) is 23.2. The van der Waals surface area contributed by atoms with Gasteiger partial charge in [-0.3, -0.25) is 13.8 Å². The summed E-state index contributed by atoms with van der Waals surface area (Å²) in [6.45, 7) is 4.70. The SMILES string of the molecule is CC/C=C\C/C=C\C/C=C\C/C=C\CCCCCCCCCCCCCCC(=O)NC(COP(=O)(O)OCC[N+](C)(C)C)C(O)/C=C/CCCCCCCCCCCCCCC. The second-order valence-electron chi connectivity index (χ2n) is 18.5. The number of phosphoric acid groups is 1. The van der Waals surface area contributed by atoms with Crippen molar-refractivity contribution >= 4 is 13.7 Å². The number of aliphatic hydroxyl groups excluding tert-OH is 1. The van der Waals surface area contributed by atoms with Crippen molar-refractivity contribution < 1.29 is 32.9 Å². The van der Waals surface area contributed by atoms with Crippen molar-refractivity contribution in [1.29, 1.82) is 0 Å². The van der Waals surface area contributed by atoms with E-state index in [-0.39, 0.29) is 19.1 Å². The normalized spacial score (nSPS) is 14.6. The molecule has 0 spiro atoms. The number of hydrogen-bond donors (Lipinski definition) is 3. The number of carbonyl (C=O) groups is 1. The van der Waals surface area contributed by atoms with E-state index in [4.69, 9.17) is 9.05 Å². The number of phosphoric ester groups is 1. The van der Waals surface area contributed by atoms with E-state index in [0.717, 1.165) is 64.2 Å². The van der Waals surface area contributed by atoms with Crippen LogP contribution < -0.4 is 5.32 Å². The maximum absolute atomic E-state index is 12.9. The predicted molar refractivity (Wildman–Crippen MR) is 267 cm³/mol. The second-order valence-corrected chi connectivity index (χ2v) is 20.0. The molecule has 0 heterocycles. The minimum atomic E-state index is -4.34. The number of nitrogens with zero attached hydrogens (tertiary/aromatic N) is 1. The molecule has 9 heteroatoms. The number of likely N-dealkylation sites (N-methyl/N-ethyl adjacent to an activating group) is 1. The number of allylic oxidation sites excluding steroid dienone is 9. The van der Waals surface area contributed by atoms with E-state index < -0.39 is 20.0 Å². The van der Waals surface area contributed by atoms with Gasteiger partial charge in [-0.1, -0.05) is 216 Å². The first-order valence-electron chi connectivity index (χ1n) is 25.7. The molecule has 3 unspecified atom stereocenters. The predicted octanol–water partition coefficient (Wildman–Crippen LogP) is 15.0. The quantitative estimate of drug-likeness (QED) is 0.0243. The molecule has 362 valence electrons. The van der Waals surface area contributed by atoms with Crippen molar-refractivity contribution in [2.75, 3.05) is 40.9 Å². The van der Waals surface area contributed by atoms with Crippen LogP contribution in [-0.4, -0.2) is 73.4 Å². The largest absolute Gasteiger partial charge is 0.472 e. The number of quaternary nitrogens is 1. The zero-order chi connectivity index (χ0) is 45.7. The molecule has 0 radical (unpaired) electrons. The number of nitrogens with one attached hydrogen (secondary N) is 1. The first kappa shape index (κ1) is 60.2. The summed E-state index contributed by atoms with van der Waals surface area (Å²) in [6.07, 6.45) is 58.7. The van der Waals surface area contributed by atoms with E-state index in [1.165, 1.54) is 135 Å². The molecule has 0 aromatic rings. The van der Waals surface area contributed by atoms with Crippen LogP contribution >= 0.6 is 7.82 Å². The summed E-state index contributed by atoms with van der Waals surface area (Å²) in [6, 6.07) is -0.849. The third-order valence-electron chi connectivity index (χ3n) is 11.2. The average molecular weight is 892 g/mol. The Balaban J connectivity index is 4.25. The fourth-order valence-corrected chi connectivity index (χ4v) is 7.95. The van der Waals surface area contributed by atoms with Crippen LogP contribution in [0.3, 0.4) is 0 Å². The first-order valence-corrected chi connectivity index (χ1v) is 27.2. The molecule has 3 N–H and O–H groups in total. The van der Waals surface area contributed by atoms with Gasteiger partial charge in [-0.15, -0.1) is 0 Å². The summed E-state index contributed by atoms with van der Waals surface area (Å²) in [7, 11) is 1.57. The van der Waals surface area contributed by atoms with Crippen LogP contribution in [0.15, 0.2) is 60.8 Å². The van der Waals surface area contributed by atoms with Crippen molar-refractivity contribution in [2.24, 2.45) is 0 Å². The first-order chi connectivity index (χ1) is 30.0. The fraction of sp³-hybridized carbons (Fsp3) is 0.792. The number of aliphatic hydroxyl groups is 1. The lowest BCUT2D eigenvalue weighted by atomic mass is 10.0. The highest BCUT2D eigenvalue weighted by molar-refractivity contribution is 7.47. The summed E-state index contributed by atoms with van der Waals surface area (Å²) >= 11 is 0. The standard InChI is InChI=1S/C53H99N2O6P/c1-6-8-10-12-14-16-18-20-22-23-24-25-26-27-28-29-30-31-33-35-37-39-41-43-45-47-53(57)54-51(50-61-62(58,59)60-49-48-55(3,4)5)52(56)46-44-42-40-38-36-34-32-21-19-17-15-13-11-9-7-2/h8,10,14,16,20,22,24-25,44,46,51-52,56H,6-7,9,11-13,15,17-19,21,23,26-43,45,47-50H2,1-5H3,(H-,54,57,58,59)/p+1/b10-8-,16-14-,22-20-,25-24-,46-44+. The highest BCUT2D eigenvalue weighted by Crippen LogP contribution is 2.43. The average Bonchev–Trinajstić information content (AvgIpc) is 3.23. The summed E-state index contributed by atoms with van der Waals surface area (Å²) in [5.41, 5.74) is 0. The van der Waals surface area contributed by atoms with Gasteiger partial charge in [0.2, 0.25) is 5.91 Å². The molecule has 0 rings (SSSR count). The molecular formula is C53H100N2O6P+. The highest BCUT2D eigenvalue weighted by atomic mass is 31.2. The molecule has 8 nitrogen and oxygen atoms in total. The van der Waals surface area contributed by atoms with Gasteiger partial charge in [0.05, 0.1) is 39.9 Å². The van der Waals surface area contributed by atoms with E-state index in [0.29, 0.717) is 17.4 Å². The van der Waals surface area contributed by atoms with Crippen LogP contribution in [-0.2, 0) is 18.4 Å². The molecule has 0 saturated carbocycles. The molecule has 0 fully saturated rings. The van der Waals surface area contributed by atoms with Gasteiger partial charge in [-0.05, 0) is 57.8 Å². The molecular weight excluding hydrogens is 792 g/mol. The minimum Gasteiger partial charge on any atom is -0.387 e. The molecule has 0 aromatic heterocycles. The number of rotatable bonds is 46. The van der Waals surface area contributed by atoms with Crippen LogP contribution in [0.2, 0.25) is 0 Å². The topological polar surface area (TPSA) is 105 Å². The van der Waals surface area contributed by atoms with Crippen LogP contribution in [0.4, 0.5) is 0 Å². The molecule has 0 aliphatic carbocycles. The molecule has 62 heavy (non-hydrogen) atoms. The molecule has 1 amide bonds. The van der Waals surface area contributed by atoms with Gasteiger partial charge in [0.15, 0.2) is 0 Å². The van der Waals surface area contributed by atoms with Crippen LogP contribution in [0, 0.1) is 0 Å². The number of hydrogen-bond acceptors (Lipinski definition) is 5. The van der Waals surface area contributed by atoms with Gasteiger partial charge < -0.3 is 19.8 Å². The Labute approximate surface area is 383 Å². The monoisotopic (exact) mass is 892 g/mol. The molecule has 0 aliphatic rings. The van der Waals surface area contributed by atoms with Crippen molar-refractivity contribution in [1.82, 2.24) is 5.32 Å². The van der Waals surface area contributed by atoms with Gasteiger partial charge in [0.25, 0.3) is 0 Å². The van der Waals surface area contributed by atoms with E-state index in [1.54, 1.807) is 6.08 Å². The molecule has 3 atom stereocenters. The Kier molecular flexibility index (Phi) is 43.1. The van der Waals surface area contributed by atoms with Crippen molar-refractivity contribution in [3.05, 3.63) is 60.8 Å². The molecule has 0 aliphatic heterocycles. The highest BCUT2D eigenvalue weighted by Gasteiger charge is 2.27. The fourth-order valence-electron chi connectivity index (χ4n) is 7.21. The zero-order valence-electron chi connectivity index (χ0n) is 41.1. The Morgan fingerprint density at radius 2 is 0.968 bits per heavy atom. The third kappa shape index (κ3) is 46.2.